The Labute approximate surface area is 109 Å². The van der Waals surface area contributed by atoms with Crippen molar-refractivity contribution in [2.45, 2.75) is 25.4 Å². The number of aryl methyl sites for hydroxylation is 1. The van der Waals surface area contributed by atoms with E-state index in [0.29, 0.717) is 12.2 Å². The van der Waals surface area contributed by atoms with Crippen LogP contribution in [0.15, 0.2) is 24.3 Å². The second-order valence-corrected chi connectivity index (χ2v) is 4.51. The molecule has 0 aliphatic carbocycles. The highest BCUT2D eigenvalue weighted by Gasteiger charge is 2.29. The van der Waals surface area contributed by atoms with Crippen LogP contribution in [-0.2, 0) is 6.42 Å². The van der Waals surface area contributed by atoms with Crippen LogP contribution < -0.4 is 10.2 Å². The molecular formula is C13H15F3N2O. The Kier molecular flexibility index (Phi) is 3.97. The van der Waals surface area contributed by atoms with Crippen molar-refractivity contribution in [2.75, 3.05) is 18.0 Å². The first-order chi connectivity index (χ1) is 8.97. The molecule has 0 saturated heterocycles. The number of anilines is 1. The lowest BCUT2D eigenvalue weighted by molar-refractivity contribution is -0.122. The summed E-state index contributed by atoms with van der Waals surface area (Å²) >= 11 is 0. The molecule has 0 fully saturated rings. The van der Waals surface area contributed by atoms with Crippen LogP contribution in [0.4, 0.5) is 23.7 Å². The van der Waals surface area contributed by atoms with E-state index >= 15 is 0 Å². The first-order valence-corrected chi connectivity index (χ1v) is 6.17. The average Bonchev–Trinajstić information content (AvgIpc) is 2.57. The quantitative estimate of drug-likeness (QED) is 0.837. The van der Waals surface area contributed by atoms with Gasteiger partial charge in [0.15, 0.2) is 0 Å². The molecular weight excluding hydrogens is 257 g/mol. The van der Waals surface area contributed by atoms with Crippen molar-refractivity contribution in [3.05, 3.63) is 29.8 Å². The number of rotatable bonds is 1. The molecule has 104 valence electrons. The van der Waals surface area contributed by atoms with Gasteiger partial charge in [0, 0.05) is 12.2 Å². The van der Waals surface area contributed by atoms with Crippen molar-refractivity contribution >= 4 is 11.7 Å². The van der Waals surface area contributed by atoms with Crippen LogP contribution in [-0.4, -0.2) is 25.3 Å². The van der Waals surface area contributed by atoms with Crippen LogP contribution in [0.25, 0.3) is 0 Å². The lowest BCUT2D eigenvalue weighted by Gasteiger charge is -2.23. The van der Waals surface area contributed by atoms with E-state index in [1.807, 2.05) is 17.4 Å². The average molecular weight is 272 g/mol. The first kappa shape index (κ1) is 13.7. The molecule has 6 heteroatoms. The fraction of sp³-hybridized carbons (Fsp3) is 0.462. The molecule has 1 aromatic rings. The molecule has 1 aromatic carbocycles. The molecule has 0 unspecified atom stereocenters. The van der Waals surface area contributed by atoms with Gasteiger partial charge in [-0.25, -0.2) is 4.79 Å². The van der Waals surface area contributed by atoms with Gasteiger partial charge in [0.25, 0.3) is 0 Å². The van der Waals surface area contributed by atoms with Gasteiger partial charge >= 0.3 is 12.2 Å². The van der Waals surface area contributed by atoms with Crippen LogP contribution in [0.1, 0.15) is 18.4 Å². The number of carbonyl (C=O) groups excluding carboxylic acids is 1. The largest absolute Gasteiger partial charge is 0.405 e. The minimum Gasteiger partial charge on any atom is -0.329 e. The molecule has 1 aliphatic rings. The van der Waals surface area contributed by atoms with E-state index < -0.39 is 18.8 Å². The normalized spacial score (nSPS) is 15.6. The standard InChI is InChI=1S/C13H15F3N2O/c14-13(15,16)9-17-12(19)18-8-4-3-6-10-5-1-2-7-11(10)18/h1-2,5,7H,3-4,6,8-9H2,(H,17,19). The smallest absolute Gasteiger partial charge is 0.329 e. The number of carbonyl (C=O) groups is 1. The summed E-state index contributed by atoms with van der Waals surface area (Å²) in [7, 11) is 0. The maximum absolute atomic E-state index is 12.1. The molecule has 1 aliphatic heterocycles. The van der Waals surface area contributed by atoms with Crippen LogP contribution in [0.2, 0.25) is 0 Å². The number of fused-ring (bicyclic) bond motifs is 1. The zero-order valence-corrected chi connectivity index (χ0v) is 10.3. The molecule has 0 spiro atoms. The SMILES string of the molecule is O=C(NCC(F)(F)F)N1CCCCc2ccccc21. The van der Waals surface area contributed by atoms with Gasteiger partial charge in [-0.1, -0.05) is 18.2 Å². The number of halogens is 3. The zero-order chi connectivity index (χ0) is 13.9. The van der Waals surface area contributed by atoms with Crippen LogP contribution in [0.3, 0.4) is 0 Å². The van der Waals surface area contributed by atoms with E-state index in [4.69, 9.17) is 0 Å². The monoisotopic (exact) mass is 272 g/mol. The Balaban J connectivity index is 2.13. The second-order valence-electron chi connectivity index (χ2n) is 4.51. The maximum atomic E-state index is 12.1. The number of hydrogen-bond donors (Lipinski definition) is 1. The summed E-state index contributed by atoms with van der Waals surface area (Å²) in [5, 5.41) is 1.92. The van der Waals surface area contributed by atoms with Gasteiger partial charge in [0.05, 0.1) is 0 Å². The third kappa shape index (κ3) is 3.62. The minimum absolute atomic E-state index is 0.445. The van der Waals surface area contributed by atoms with Gasteiger partial charge in [-0.15, -0.1) is 0 Å². The molecule has 1 N–H and O–H groups in total. The first-order valence-electron chi connectivity index (χ1n) is 6.17. The third-order valence-corrected chi connectivity index (χ3v) is 3.05. The van der Waals surface area contributed by atoms with Crippen molar-refractivity contribution in [3.63, 3.8) is 0 Å². The molecule has 0 atom stereocenters. The zero-order valence-electron chi connectivity index (χ0n) is 10.3. The van der Waals surface area contributed by atoms with Gasteiger partial charge in [-0.2, -0.15) is 13.2 Å². The molecule has 0 saturated carbocycles. The lowest BCUT2D eigenvalue weighted by atomic mass is 10.1. The lowest BCUT2D eigenvalue weighted by Crippen LogP contribution is -2.44. The molecule has 2 rings (SSSR count). The highest BCUT2D eigenvalue weighted by atomic mass is 19.4. The van der Waals surface area contributed by atoms with Crippen molar-refractivity contribution in [1.82, 2.24) is 5.32 Å². The van der Waals surface area contributed by atoms with Crippen molar-refractivity contribution in [1.29, 1.82) is 0 Å². The third-order valence-electron chi connectivity index (χ3n) is 3.05. The number of hydrogen-bond acceptors (Lipinski definition) is 1. The maximum Gasteiger partial charge on any atom is 0.405 e. The molecule has 0 bridgehead atoms. The van der Waals surface area contributed by atoms with E-state index in [-0.39, 0.29) is 0 Å². The highest BCUT2D eigenvalue weighted by Crippen LogP contribution is 2.26. The van der Waals surface area contributed by atoms with E-state index in [9.17, 15) is 18.0 Å². The summed E-state index contributed by atoms with van der Waals surface area (Å²) in [6, 6.07) is 6.65. The summed E-state index contributed by atoms with van der Waals surface area (Å²) in [4.78, 5) is 13.3. The highest BCUT2D eigenvalue weighted by molar-refractivity contribution is 5.93. The fourth-order valence-electron chi connectivity index (χ4n) is 2.17. The van der Waals surface area contributed by atoms with Crippen molar-refractivity contribution in [2.24, 2.45) is 0 Å². The summed E-state index contributed by atoms with van der Waals surface area (Å²) in [5.41, 5.74) is 1.71. The van der Waals surface area contributed by atoms with Gasteiger partial charge in [0.1, 0.15) is 6.54 Å². The number of amides is 2. The number of benzene rings is 1. The topological polar surface area (TPSA) is 32.3 Å². The van der Waals surface area contributed by atoms with Gasteiger partial charge in [-0.3, -0.25) is 4.90 Å². The van der Waals surface area contributed by atoms with Gasteiger partial charge in [-0.05, 0) is 30.9 Å². The Bertz CT molecular complexity index is 459. The minimum atomic E-state index is -4.39. The molecule has 19 heavy (non-hydrogen) atoms. The van der Waals surface area contributed by atoms with Crippen LogP contribution >= 0.6 is 0 Å². The molecule has 3 nitrogen and oxygen atoms in total. The van der Waals surface area contributed by atoms with E-state index in [0.717, 1.165) is 24.8 Å². The van der Waals surface area contributed by atoms with E-state index in [1.54, 1.807) is 12.1 Å². The number of nitrogens with zero attached hydrogens (tertiary/aromatic N) is 1. The Hall–Kier alpha value is -1.72. The second kappa shape index (κ2) is 5.50. The van der Waals surface area contributed by atoms with Crippen molar-refractivity contribution in [3.8, 4) is 0 Å². The number of para-hydroxylation sites is 1. The summed E-state index contributed by atoms with van der Waals surface area (Å²) < 4.78 is 36.4. The number of urea groups is 1. The number of alkyl halides is 3. The predicted molar refractivity (Wildman–Crippen MR) is 66.2 cm³/mol. The Morgan fingerprint density at radius 1 is 1.26 bits per heavy atom. The van der Waals surface area contributed by atoms with Crippen LogP contribution in [0, 0.1) is 0 Å². The molecule has 0 radical (unpaired) electrons. The number of nitrogens with one attached hydrogen (secondary N) is 1. The van der Waals surface area contributed by atoms with Crippen LogP contribution in [0.5, 0.6) is 0 Å². The fourth-order valence-corrected chi connectivity index (χ4v) is 2.17. The predicted octanol–water partition coefficient (Wildman–Crippen LogP) is 3.10. The summed E-state index contributed by atoms with van der Waals surface area (Å²) in [6.07, 6.45) is -1.82. The molecule has 1 heterocycles. The van der Waals surface area contributed by atoms with E-state index in [1.165, 1.54) is 4.90 Å². The summed E-state index contributed by atoms with van der Waals surface area (Å²) in [6.45, 7) is -0.856. The van der Waals surface area contributed by atoms with Gasteiger partial charge in [0.2, 0.25) is 0 Å². The Morgan fingerprint density at radius 3 is 2.74 bits per heavy atom. The van der Waals surface area contributed by atoms with E-state index in [2.05, 4.69) is 0 Å². The molecule has 0 aromatic heterocycles. The van der Waals surface area contributed by atoms with Gasteiger partial charge < -0.3 is 5.32 Å². The Morgan fingerprint density at radius 2 is 2.00 bits per heavy atom. The molecule has 2 amide bonds. The summed E-state index contributed by atoms with van der Waals surface area (Å²) in [5.74, 6) is 0. The van der Waals surface area contributed by atoms with Crippen molar-refractivity contribution < 1.29 is 18.0 Å².